The van der Waals surface area contributed by atoms with Gasteiger partial charge >= 0.3 is 5.97 Å². The molecule has 0 atom stereocenters. The van der Waals surface area contributed by atoms with Crippen LogP contribution in [0.4, 0.5) is 0 Å². The molecule has 0 saturated heterocycles. The highest BCUT2D eigenvalue weighted by Gasteiger charge is 2.20. The first-order valence-corrected chi connectivity index (χ1v) is 9.27. The van der Waals surface area contributed by atoms with Crippen molar-refractivity contribution >= 4 is 52.6 Å². The van der Waals surface area contributed by atoms with Gasteiger partial charge in [-0.2, -0.15) is 0 Å². The standard InChI is InChI=1S/C21H14Cl3NO3/c1-28-19(26)10-8-14-4-3-11-25(14)18-9-7-13(22)12-16(18)21(27)15-5-2-6-17(23)20(15)24/h2-12H,1H3/b10-8+. The smallest absolute Gasteiger partial charge is 0.330 e. The molecule has 1 heterocycles. The minimum atomic E-state index is -0.481. The zero-order valence-electron chi connectivity index (χ0n) is 14.7. The van der Waals surface area contributed by atoms with Gasteiger partial charge in [-0.15, -0.1) is 0 Å². The molecule has 4 nitrogen and oxygen atoms in total. The van der Waals surface area contributed by atoms with Gasteiger partial charge in [-0.3, -0.25) is 4.79 Å². The van der Waals surface area contributed by atoms with Gasteiger partial charge < -0.3 is 9.30 Å². The molecule has 0 bridgehead atoms. The van der Waals surface area contributed by atoms with Crippen molar-refractivity contribution in [3.63, 3.8) is 0 Å². The van der Waals surface area contributed by atoms with Gasteiger partial charge in [-0.1, -0.05) is 40.9 Å². The monoisotopic (exact) mass is 433 g/mol. The molecule has 3 rings (SSSR count). The first kappa shape index (κ1) is 20.2. The number of carbonyl (C=O) groups excluding carboxylic acids is 2. The Kier molecular flexibility index (Phi) is 6.25. The predicted molar refractivity (Wildman–Crippen MR) is 112 cm³/mol. The van der Waals surface area contributed by atoms with Crippen molar-refractivity contribution in [3.8, 4) is 5.69 Å². The number of benzene rings is 2. The molecule has 0 N–H and O–H groups in total. The molecule has 0 fully saturated rings. The summed E-state index contributed by atoms with van der Waals surface area (Å²) in [4.78, 5) is 24.6. The number of nitrogens with zero attached hydrogens (tertiary/aromatic N) is 1. The topological polar surface area (TPSA) is 48.3 Å². The highest BCUT2D eigenvalue weighted by molar-refractivity contribution is 6.44. The van der Waals surface area contributed by atoms with Crippen molar-refractivity contribution in [3.05, 3.63) is 92.7 Å². The maximum atomic E-state index is 13.2. The van der Waals surface area contributed by atoms with Crippen LogP contribution in [0.5, 0.6) is 0 Å². The summed E-state index contributed by atoms with van der Waals surface area (Å²) in [5.41, 5.74) is 1.89. The van der Waals surface area contributed by atoms with Gasteiger partial charge in [0.1, 0.15) is 0 Å². The number of ketones is 1. The van der Waals surface area contributed by atoms with Crippen LogP contribution in [0.15, 0.2) is 60.8 Å². The predicted octanol–water partition coefficient (Wildman–Crippen LogP) is 5.85. The minimum Gasteiger partial charge on any atom is -0.466 e. The van der Waals surface area contributed by atoms with E-state index < -0.39 is 5.97 Å². The molecule has 28 heavy (non-hydrogen) atoms. The second kappa shape index (κ2) is 8.65. The quantitative estimate of drug-likeness (QED) is 0.287. The van der Waals surface area contributed by atoms with Gasteiger partial charge in [0.25, 0.3) is 0 Å². The Labute approximate surface area is 176 Å². The Morgan fingerprint density at radius 3 is 2.54 bits per heavy atom. The average Bonchev–Trinajstić information content (AvgIpc) is 3.16. The number of carbonyl (C=O) groups is 2. The summed E-state index contributed by atoms with van der Waals surface area (Å²) in [6, 6.07) is 13.5. The molecule has 2 aromatic carbocycles. The second-order valence-corrected chi connectivity index (χ2v) is 6.97. The lowest BCUT2D eigenvalue weighted by molar-refractivity contribution is -0.134. The van der Waals surface area contributed by atoms with Crippen LogP contribution in [-0.4, -0.2) is 23.4 Å². The summed E-state index contributed by atoms with van der Waals surface area (Å²) in [6.07, 6.45) is 4.68. The van der Waals surface area contributed by atoms with Gasteiger partial charge in [-0.25, -0.2) is 4.79 Å². The van der Waals surface area contributed by atoms with E-state index in [0.29, 0.717) is 27.0 Å². The first-order chi connectivity index (χ1) is 13.4. The van der Waals surface area contributed by atoms with E-state index in [0.717, 1.165) is 0 Å². The number of halogens is 3. The Bertz CT molecular complexity index is 1090. The molecule has 0 spiro atoms. The molecule has 0 saturated carbocycles. The van der Waals surface area contributed by atoms with E-state index >= 15 is 0 Å². The van der Waals surface area contributed by atoms with Gasteiger partial charge in [0, 0.05) is 34.1 Å². The zero-order valence-corrected chi connectivity index (χ0v) is 16.9. The van der Waals surface area contributed by atoms with Crippen LogP contribution in [0.25, 0.3) is 11.8 Å². The third kappa shape index (κ3) is 4.14. The van der Waals surface area contributed by atoms with Crippen LogP contribution in [-0.2, 0) is 9.53 Å². The van der Waals surface area contributed by atoms with Crippen molar-refractivity contribution in [2.24, 2.45) is 0 Å². The fraction of sp³-hybridized carbons (Fsp3) is 0.0476. The fourth-order valence-corrected chi connectivity index (χ4v) is 3.25. The van der Waals surface area contributed by atoms with E-state index in [1.807, 2.05) is 0 Å². The van der Waals surface area contributed by atoms with Crippen LogP contribution in [0.1, 0.15) is 21.6 Å². The maximum Gasteiger partial charge on any atom is 0.330 e. The van der Waals surface area contributed by atoms with Crippen LogP contribution in [0.3, 0.4) is 0 Å². The number of hydrogen-bond acceptors (Lipinski definition) is 3. The van der Waals surface area contributed by atoms with Crippen molar-refractivity contribution in [1.29, 1.82) is 0 Å². The molecule has 0 aliphatic rings. The Hall–Kier alpha value is -2.53. The van der Waals surface area contributed by atoms with Gasteiger partial charge in [0.15, 0.2) is 5.78 Å². The van der Waals surface area contributed by atoms with Crippen molar-refractivity contribution < 1.29 is 14.3 Å². The Morgan fingerprint density at radius 2 is 1.79 bits per heavy atom. The lowest BCUT2D eigenvalue weighted by Crippen LogP contribution is -2.09. The highest BCUT2D eigenvalue weighted by atomic mass is 35.5. The summed E-state index contributed by atoms with van der Waals surface area (Å²) in [5, 5.41) is 0.876. The van der Waals surface area contributed by atoms with E-state index in [1.54, 1.807) is 65.4 Å². The fourth-order valence-electron chi connectivity index (χ4n) is 2.70. The van der Waals surface area contributed by atoms with E-state index in [2.05, 4.69) is 4.74 Å². The third-order valence-electron chi connectivity index (χ3n) is 4.03. The molecule has 7 heteroatoms. The number of rotatable bonds is 5. The van der Waals surface area contributed by atoms with Crippen LogP contribution >= 0.6 is 34.8 Å². The molecule has 0 amide bonds. The molecule has 0 aliphatic carbocycles. The molecule has 3 aromatic rings. The van der Waals surface area contributed by atoms with Crippen molar-refractivity contribution in [2.45, 2.75) is 0 Å². The van der Waals surface area contributed by atoms with E-state index in [-0.39, 0.29) is 16.4 Å². The number of aromatic nitrogens is 1. The Morgan fingerprint density at radius 1 is 1.00 bits per heavy atom. The number of methoxy groups -OCH3 is 1. The normalized spacial score (nSPS) is 11.0. The van der Waals surface area contributed by atoms with Crippen molar-refractivity contribution in [2.75, 3.05) is 7.11 Å². The summed E-state index contributed by atoms with van der Waals surface area (Å²) < 4.78 is 6.39. The number of ether oxygens (including phenoxy) is 1. The number of hydrogen-bond donors (Lipinski definition) is 0. The summed E-state index contributed by atoms with van der Waals surface area (Å²) >= 11 is 18.4. The molecule has 0 unspecified atom stereocenters. The highest BCUT2D eigenvalue weighted by Crippen LogP contribution is 2.30. The Balaban J connectivity index is 2.12. The molecule has 142 valence electrons. The lowest BCUT2D eigenvalue weighted by Gasteiger charge is -2.14. The maximum absolute atomic E-state index is 13.2. The summed E-state index contributed by atoms with van der Waals surface area (Å²) in [5.74, 6) is -0.799. The third-order valence-corrected chi connectivity index (χ3v) is 5.08. The lowest BCUT2D eigenvalue weighted by atomic mass is 10.0. The summed E-state index contributed by atoms with van der Waals surface area (Å²) in [7, 11) is 1.30. The molecular weight excluding hydrogens is 421 g/mol. The van der Waals surface area contributed by atoms with Gasteiger partial charge in [0.05, 0.1) is 22.8 Å². The van der Waals surface area contributed by atoms with E-state index in [4.69, 9.17) is 34.8 Å². The van der Waals surface area contributed by atoms with Gasteiger partial charge in [-0.05, 0) is 48.5 Å². The zero-order chi connectivity index (χ0) is 20.3. The molecule has 1 aromatic heterocycles. The largest absolute Gasteiger partial charge is 0.466 e. The summed E-state index contributed by atoms with van der Waals surface area (Å²) in [6.45, 7) is 0. The van der Waals surface area contributed by atoms with Crippen LogP contribution in [0.2, 0.25) is 15.1 Å². The van der Waals surface area contributed by atoms with Crippen LogP contribution in [0, 0.1) is 0 Å². The van der Waals surface area contributed by atoms with E-state index in [1.165, 1.54) is 13.2 Å². The number of esters is 1. The molecule has 0 aliphatic heterocycles. The van der Waals surface area contributed by atoms with Gasteiger partial charge in [0.2, 0.25) is 0 Å². The first-order valence-electron chi connectivity index (χ1n) is 8.14. The van der Waals surface area contributed by atoms with Crippen LogP contribution < -0.4 is 0 Å². The van der Waals surface area contributed by atoms with E-state index in [9.17, 15) is 9.59 Å². The second-order valence-electron chi connectivity index (χ2n) is 5.75. The molecule has 0 radical (unpaired) electrons. The molecular formula is C21H14Cl3NO3. The van der Waals surface area contributed by atoms with Crippen molar-refractivity contribution in [1.82, 2.24) is 4.57 Å². The average molecular weight is 435 g/mol. The SMILES string of the molecule is COC(=O)/C=C/c1cccn1-c1ccc(Cl)cc1C(=O)c1cccc(Cl)c1Cl. The minimum absolute atomic E-state index is 0.179.